The number of nitrogens with one attached hydrogen (secondary N) is 2. The first-order chi connectivity index (χ1) is 9.13. The normalized spacial score (nSPS) is 14.4. The van der Waals surface area contributed by atoms with E-state index in [2.05, 4.69) is 10.6 Å². The van der Waals surface area contributed by atoms with Gasteiger partial charge in [-0.25, -0.2) is 8.78 Å². The monoisotopic (exact) mass is 268 g/mol. The van der Waals surface area contributed by atoms with E-state index in [1.807, 2.05) is 0 Å². The average molecular weight is 268 g/mol. The largest absolute Gasteiger partial charge is 0.353 e. The van der Waals surface area contributed by atoms with E-state index < -0.39 is 11.6 Å². The molecule has 5 heteroatoms. The summed E-state index contributed by atoms with van der Waals surface area (Å²) < 4.78 is 25.8. The van der Waals surface area contributed by atoms with E-state index in [4.69, 9.17) is 0 Å². The third kappa shape index (κ3) is 5.34. The molecule has 0 bridgehead atoms. The van der Waals surface area contributed by atoms with Crippen molar-refractivity contribution >= 4 is 5.91 Å². The van der Waals surface area contributed by atoms with E-state index in [1.54, 1.807) is 0 Å². The molecule has 0 heterocycles. The van der Waals surface area contributed by atoms with Crippen LogP contribution in [0.15, 0.2) is 18.2 Å². The van der Waals surface area contributed by atoms with Crippen molar-refractivity contribution in [2.75, 3.05) is 6.54 Å². The molecule has 0 spiro atoms. The van der Waals surface area contributed by atoms with Gasteiger partial charge in [0, 0.05) is 25.1 Å². The van der Waals surface area contributed by atoms with E-state index in [0.29, 0.717) is 31.1 Å². The molecule has 1 aliphatic carbocycles. The highest BCUT2D eigenvalue weighted by Crippen LogP contribution is 2.18. The topological polar surface area (TPSA) is 41.1 Å². The molecule has 104 valence electrons. The minimum atomic E-state index is -0.569. The standard InChI is InChI=1S/C14H18F2N2O/c15-11-6-10(7-12(16)8-11)9-17-5-1-2-14(19)18-13-3-4-13/h6-8,13,17H,1-5,9H2,(H,18,19). The second-order valence-electron chi connectivity index (χ2n) is 4.90. The SMILES string of the molecule is O=C(CCCNCc1cc(F)cc(F)c1)NC1CC1. The molecule has 2 N–H and O–H groups in total. The molecule has 1 aliphatic rings. The van der Waals surface area contributed by atoms with Gasteiger partial charge in [0.25, 0.3) is 0 Å². The minimum Gasteiger partial charge on any atom is -0.353 e. The highest BCUT2D eigenvalue weighted by molar-refractivity contribution is 5.76. The summed E-state index contributed by atoms with van der Waals surface area (Å²) in [5.41, 5.74) is 0.569. The van der Waals surface area contributed by atoms with E-state index in [0.717, 1.165) is 25.3 Å². The average Bonchev–Trinajstić information content (AvgIpc) is 3.11. The van der Waals surface area contributed by atoms with Crippen LogP contribution in [-0.4, -0.2) is 18.5 Å². The molecular formula is C14H18F2N2O. The molecule has 0 radical (unpaired) electrons. The second-order valence-corrected chi connectivity index (χ2v) is 4.90. The summed E-state index contributed by atoms with van der Waals surface area (Å²) in [5, 5.41) is 5.98. The van der Waals surface area contributed by atoms with Crippen molar-refractivity contribution < 1.29 is 13.6 Å². The van der Waals surface area contributed by atoms with Gasteiger partial charge in [0.2, 0.25) is 5.91 Å². The fourth-order valence-corrected chi connectivity index (χ4v) is 1.85. The van der Waals surface area contributed by atoms with Gasteiger partial charge < -0.3 is 10.6 Å². The Labute approximate surface area is 111 Å². The van der Waals surface area contributed by atoms with Crippen molar-refractivity contribution in [1.29, 1.82) is 0 Å². The molecule has 0 unspecified atom stereocenters. The lowest BCUT2D eigenvalue weighted by atomic mass is 10.2. The number of hydrogen-bond donors (Lipinski definition) is 2. The molecule has 0 aromatic heterocycles. The first kappa shape index (κ1) is 13.9. The molecule has 0 atom stereocenters. The fraction of sp³-hybridized carbons (Fsp3) is 0.500. The molecule has 2 rings (SSSR count). The maximum Gasteiger partial charge on any atom is 0.220 e. The summed E-state index contributed by atoms with van der Waals surface area (Å²) in [4.78, 5) is 11.4. The van der Waals surface area contributed by atoms with E-state index >= 15 is 0 Å². The molecule has 19 heavy (non-hydrogen) atoms. The number of benzene rings is 1. The van der Waals surface area contributed by atoms with Gasteiger partial charge >= 0.3 is 0 Å². The minimum absolute atomic E-state index is 0.0844. The number of amides is 1. The molecule has 1 amide bonds. The van der Waals surface area contributed by atoms with Gasteiger partial charge in [-0.3, -0.25) is 4.79 Å². The highest BCUT2D eigenvalue weighted by Gasteiger charge is 2.22. The van der Waals surface area contributed by atoms with Crippen LogP contribution in [0.5, 0.6) is 0 Å². The van der Waals surface area contributed by atoms with E-state index in [-0.39, 0.29) is 5.91 Å². The Balaban J connectivity index is 1.59. The number of halogens is 2. The lowest BCUT2D eigenvalue weighted by molar-refractivity contribution is -0.121. The third-order valence-electron chi connectivity index (χ3n) is 2.95. The molecular weight excluding hydrogens is 250 g/mol. The predicted molar refractivity (Wildman–Crippen MR) is 68.5 cm³/mol. The molecule has 0 aliphatic heterocycles. The van der Waals surface area contributed by atoms with Crippen LogP contribution in [0.2, 0.25) is 0 Å². The highest BCUT2D eigenvalue weighted by atomic mass is 19.1. The Hall–Kier alpha value is -1.49. The predicted octanol–water partition coefficient (Wildman–Crippen LogP) is 2.11. The maximum atomic E-state index is 12.9. The zero-order valence-corrected chi connectivity index (χ0v) is 10.7. The molecule has 1 saturated carbocycles. The maximum absolute atomic E-state index is 12.9. The van der Waals surface area contributed by atoms with E-state index in [1.165, 1.54) is 12.1 Å². The summed E-state index contributed by atoms with van der Waals surface area (Å²) in [6.45, 7) is 1.05. The van der Waals surface area contributed by atoms with Crippen LogP contribution in [-0.2, 0) is 11.3 Å². The van der Waals surface area contributed by atoms with Crippen LogP contribution in [0.1, 0.15) is 31.2 Å². The van der Waals surface area contributed by atoms with Crippen LogP contribution in [0, 0.1) is 11.6 Å². The first-order valence-corrected chi connectivity index (χ1v) is 6.58. The van der Waals surface area contributed by atoms with Gasteiger partial charge in [-0.1, -0.05) is 0 Å². The van der Waals surface area contributed by atoms with Gasteiger partial charge in [-0.2, -0.15) is 0 Å². The Morgan fingerprint density at radius 1 is 1.21 bits per heavy atom. The van der Waals surface area contributed by atoms with Gasteiger partial charge in [0.1, 0.15) is 11.6 Å². The Bertz CT molecular complexity index is 427. The van der Waals surface area contributed by atoms with E-state index in [9.17, 15) is 13.6 Å². The fourth-order valence-electron chi connectivity index (χ4n) is 1.85. The molecule has 1 fully saturated rings. The van der Waals surface area contributed by atoms with Gasteiger partial charge in [-0.05, 0) is 43.5 Å². The Kier molecular flexibility index (Phi) is 4.85. The van der Waals surface area contributed by atoms with Crippen LogP contribution < -0.4 is 10.6 Å². The molecule has 1 aromatic rings. The lowest BCUT2D eigenvalue weighted by Gasteiger charge is -2.06. The number of rotatable bonds is 7. The van der Waals surface area contributed by atoms with Crippen molar-refractivity contribution in [3.05, 3.63) is 35.4 Å². The molecule has 1 aromatic carbocycles. The van der Waals surface area contributed by atoms with Crippen molar-refractivity contribution in [3.63, 3.8) is 0 Å². The summed E-state index contributed by atoms with van der Waals surface area (Å²) in [6.07, 6.45) is 3.39. The summed E-state index contributed by atoms with van der Waals surface area (Å²) >= 11 is 0. The number of carbonyl (C=O) groups excluding carboxylic acids is 1. The van der Waals surface area contributed by atoms with Gasteiger partial charge in [0.05, 0.1) is 0 Å². The zero-order valence-electron chi connectivity index (χ0n) is 10.7. The second kappa shape index (κ2) is 6.61. The van der Waals surface area contributed by atoms with Crippen molar-refractivity contribution in [1.82, 2.24) is 10.6 Å². The van der Waals surface area contributed by atoms with Crippen LogP contribution >= 0.6 is 0 Å². The Morgan fingerprint density at radius 3 is 2.53 bits per heavy atom. The van der Waals surface area contributed by atoms with Crippen LogP contribution in [0.4, 0.5) is 8.78 Å². The first-order valence-electron chi connectivity index (χ1n) is 6.58. The summed E-state index contributed by atoms with van der Waals surface area (Å²) in [5.74, 6) is -1.05. The summed E-state index contributed by atoms with van der Waals surface area (Å²) in [6, 6.07) is 3.85. The smallest absolute Gasteiger partial charge is 0.220 e. The number of hydrogen-bond acceptors (Lipinski definition) is 2. The van der Waals surface area contributed by atoms with Crippen molar-refractivity contribution in [2.24, 2.45) is 0 Å². The lowest BCUT2D eigenvalue weighted by Crippen LogP contribution is -2.26. The zero-order chi connectivity index (χ0) is 13.7. The van der Waals surface area contributed by atoms with Crippen LogP contribution in [0.3, 0.4) is 0 Å². The van der Waals surface area contributed by atoms with Gasteiger partial charge in [-0.15, -0.1) is 0 Å². The Morgan fingerprint density at radius 2 is 1.89 bits per heavy atom. The molecule has 3 nitrogen and oxygen atoms in total. The van der Waals surface area contributed by atoms with Gasteiger partial charge in [0.15, 0.2) is 0 Å². The van der Waals surface area contributed by atoms with Crippen molar-refractivity contribution in [3.8, 4) is 0 Å². The number of carbonyl (C=O) groups is 1. The summed E-state index contributed by atoms with van der Waals surface area (Å²) in [7, 11) is 0. The quantitative estimate of drug-likeness (QED) is 0.744. The van der Waals surface area contributed by atoms with Crippen molar-refractivity contribution in [2.45, 2.75) is 38.3 Å². The molecule has 0 saturated heterocycles. The van der Waals surface area contributed by atoms with Crippen LogP contribution in [0.25, 0.3) is 0 Å². The third-order valence-corrected chi connectivity index (χ3v) is 2.95.